The average molecular weight is 292 g/mol. The lowest BCUT2D eigenvalue weighted by Gasteiger charge is -2.25. The number of amides is 1. The van der Waals surface area contributed by atoms with E-state index in [4.69, 9.17) is 10.5 Å². The van der Waals surface area contributed by atoms with Gasteiger partial charge in [-0.1, -0.05) is 30.3 Å². The Morgan fingerprint density at radius 3 is 2.71 bits per heavy atom. The van der Waals surface area contributed by atoms with Crippen LogP contribution >= 0.6 is 0 Å². The van der Waals surface area contributed by atoms with Crippen molar-refractivity contribution in [1.82, 2.24) is 4.90 Å². The molecule has 114 valence electrons. The van der Waals surface area contributed by atoms with Crippen molar-refractivity contribution in [3.05, 3.63) is 35.9 Å². The summed E-state index contributed by atoms with van der Waals surface area (Å²) < 4.78 is 9.93. The zero-order valence-electron chi connectivity index (χ0n) is 12.0. The van der Waals surface area contributed by atoms with E-state index in [0.29, 0.717) is 13.0 Å². The van der Waals surface area contributed by atoms with Gasteiger partial charge in [0.1, 0.15) is 6.61 Å². The van der Waals surface area contributed by atoms with Crippen LogP contribution in [0.2, 0.25) is 0 Å². The highest BCUT2D eigenvalue weighted by Gasteiger charge is 2.37. The van der Waals surface area contributed by atoms with Crippen molar-refractivity contribution in [2.45, 2.75) is 31.5 Å². The van der Waals surface area contributed by atoms with Crippen LogP contribution in [0.1, 0.15) is 18.4 Å². The van der Waals surface area contributed by atoms with Crippen LogP contribution in [-0.4, -0.2) is 42.7 Å². The van der Waals surface area contributed by atoms with Crippen molar-refractivity contribution in [2.75, 3.05) is 13.7 Å². The van der Waals surface area contributed by atoms with E-state index >= 15 is 0 Å². The predicted molar refractivity (Wildman–Crippen MR) is 76.3 cm³/mol. The number of methoxy groups -OCH3 is 1. The minimum atomic E-state index is -0.444. The first-order valence-electron chi connectivity index (χ1n) is 6.91. The monoisotopic (exact) mass is 292 g/mol. The molecule has 6 heteroatoms. The smallest absolute Gasteiger partial charge is 0.410 e. The molecule has 6 nitrogen and oxygen atoms in total. The maximum Gasteiger partial charge on any atom is 0.410 e. The van der Waals surface area contributed by atoms with E-state index in [0.717, 1.165) is 5.56 Å². The molecule has 1 saturated heterocycles. The highest BCUT2D eigenvalue weighted by Crippen LogP contribution is 2.21. The van der Waals surface area contributed by atoms with Crippen molar-refractivity contribution in [3.63, 3.8) is 0 Å². The van der Waals surface area contributed by atoms with Crippen LogP contribution in [0.3, 0.4) is 0 Å². The minimum absolute atomic E-state index is 0.0953. The quantitative estimate of drug-likeness (QED) is 0.846. The molecule has 1 fully saturated rings. The molecule has 0 spiro atoms. The van der Waals surface area contributed by atoms with Crippen LogP contribution in [0, 0.1) is 0 Å². The molecule has 1 amide bonds. The van der Waals surface area contributed by atoms with Crippen LogP contribution in [0.5, 0.6) is 0 Å². The molecule has 1 aliphatic rings. The second-order valence-corrected chi connectivity index (χ2v) is 5.03. The SMILES string of the molecule is COC(=O)C[C@@H]1[C@@H](N)CCN1C(=O)OCc1ccccc1. The van der Waals surface area contributed by atoms with Crippen LogP contribution in [0.15, 0.2) is 30.3 Å². The first-order chi connectivity index (χ1) is 10.1. The summed E-state index contributed by atoms with van der Waals surface area (Å²) in [5, 5.41) is 0. The van der Waals surface area contributed by atoms with Crippen LogP contribution in [0.4, 0.5) is 4.79 Å². The topological polar surface area (TPSA) is 81.9 Å². The summed E-state index contributed by atoms with van der Waals surface area (Å²) in [5.74, 6) is -0.377. The fourth-order valence-corrected chi connectivity index (χ4v) is 2.42. The van der Waals surface area contributed by atoms with Gasteiger partial charge in [0.05, 0.1) is 19.6 Å². The second kappa shape index (κ2) is 7.08. The summed E-state index contributed by atoms with van der Waals surface area (Å²) in [6, 6.07) is 8.85. The largest absolute Gasteiger partial charge is 0.469 e. The Labute approximate surface area is 123 Å². The number of likely N-dealkylation sites (tertiary alicyclic amines) is 1. The third-order valence-corrected chi connectivity index (χ3v) is 3.64. The lowest BCUT2D eigenvalue weighted by Crippen LogP contribution is -2.44. The van der Waals surface area contributed by atoms with E-state index in [1.165, 1.54) is 12.0 Å². The molecular formula is C15H20N2O4. The number of carbonyl (C=O) groups is 2. The normalized spacial score (nSPS) is 21.1. The number of rotatable bonds is 4. The molecule has 1 aromatic rings. The molecular weight excluding hydrogens is 272 g/mol. The first-order valence-corrected chi connectivity index (χ1v) is 6.91. The Kier molecular flexibility index (Phi) is 5.16. The zero-order valence-corrected chi connectivity index (χ0v) is 12.0. The third-order valence-electron chi connectivity index (χ3n) is 3.64. The van der Waals surface area contributed by atoms with E-state index in [1.807, 2.05) is 30.3 Å². The van der Waals surface area contributed by atoms with Crippen LogP contribution in [0.25, 0.3) is 0 Å². The van der Waals surface area contributed by atoms with E-state index in [9.17, 15) is 9.59 Å². The predicted octanol–water partition coefficient (Wildman–Crippen LogP) is 1.29. The highest BCUT2D eigenvalue weighted by atomic mass is 16.6. The van der Waals surface area contributed by atoms with E-state index in [-0.39, 0.29) is 31.1 Å². The van der Waals surface area contributed by atoms with Crippen molar-refractivity contribution >= 4 is 12.1 Å². The summed E-state index contributed by atoms with van der Waals surface area (Å²) in [5.41, 5.74) is 6.88. The molecule has 0 radical (unpaired) electrons. The molecule has 0 unspecified atom stereocenters. The van der Waals surface area contributed by atoms with Gasteiger partial charge < -0.3 is 20.1 Å². The number of hydrogen-bond acceptors (Lipinski definition) is 5. The van der Waals surface area contributed by atoms with Gasteiger partial charge in [-0.2, -0.15) is 0 Å². The third kappa shape index (κ3) is 3.95. The molecule has 21 heavy (non-hydrogen) atoms. The molecule has 1 aliphatic heterocycles. The number of carbonyl (C=O) groups excluding carboxylic acids is 2. The maximum atomic E-state index is 12.1. The Morgan fingerprint density at radius 2 is 2.05 bits per heavy atom. The molecule has 1 aromatic carbocycles. The van der Waals surface area contributed by atoms with Gasteiger partial charge >= 0.3 is 12.1 Å². The highest BCUT2D eigenvalue weighted by molar-refractivity contribution is 5.73. The Morgan fingerprint density at radius 1 is 1.33 bits per heavy atom. The lowest BCUT2D eigenvalue weighted by atomic mass is 10.1. The Hall–Kier alpha value is -2.08. The fourth-order valence-electron chi connectivity index (χ4n) is 2.42. The minimum Gasteiger partial charge on any atom is -0.469 e. The van der Waals surface area contributed by atoms with Crippen molar-refractivity contribution in [2.24, 2.45) is 5.73 Å². The Balaban J connectivity index is 1.92. The van der Waals surface area contributed by atoms with E-state index < -0.39 is 6.09 Å². The van der Waals surface area contributed by atoms with Crippen LogP contribution in [-0.2, 0) is 20.9 Å². The van der Waals surface area contributed by atoms with Gasteiger partial charge in [0, 0.05) is 12.6 Å². The molecule has 0 bridgehead atoms. The summed E-state index contributed by atoms with van der Waals surface area (Å²) in [4.78, 5) is 25.1. The lowest BCUT2D eigenvalue weighted by molar-refractivity contribution is -0.141. The Bertz CT molecular complexity index is 492. The number of benzene rings is 1. The standard InChI is InChI=1S/C15H20N2O4/c1-20-14(18)9-13-12(16)7-8-17(13)15(19)21-10-11-5-3-2-4-6-11/h2-6,12-13H,7-10,16H2,1H3/t12-,13+/m0/s1. The maximum absolute atomic E-state index is 12.1. The van der Waals surface area contributed by atoms with Crippen molar-refractivity contribution in [3.8, 4) is 0 Å². The number of nitrogens with two attached hydrogens (primary N) is 1. The summed E-state index contributed by atoms with van der Waals surface area (Å²) >= 11 is 0. The van der Waals surface area contributed by atoms with Gasteiger partial charge in [0.25, 0.3) is 0 Å². The van der Waals surface area contributed by atoms with Gasteiger partial charge in [-0.3, -0.25) is 4.79 Å². The summed E-state index contributed by atoms with van der Waals surface area (Å²) in [6.07, 6.45) is 0.306. The van der Waals surface area contributed by atoms with E-state index in [2.05, 4.69) is 4.74 Å². The number of esters is 1. The average Bonchev–Trinajstić information content (AvgIpc) is 2.87. The van der Waals surface area contributed by atoms with Crippen molar-refractivity contribution < 1.29 is 19.1 Å². The number of nitrogens with zero attached hydrogens (tertiary/aromatic N) is 1. The molecule has 2 atom stereocenters. The van der Waals surface area contributed by atoms with Gasteiger partial charge in [-0.05, 0) is 12.0 Å². The molecule has 0 aliphatic carbocycles. The molecule has 2 rings (SSSR count). The van der Waals surface area contributed by atoms with Gasteiger partial charge in [0.2, 0.25) is 0 Å². The van der Waals surface area contributed by atoms with Gasteiger partial charge in [-0.15, -0.1) is 0 Å². The number of ether oxygens (including phenoxy) is 2. The molecule has 2 N–H and O–H groups in total. The van der Waals surface area contributed by atoms with Gasteiger partial charge in [-0.25, -0.2) is 4.79 Å². The van der Waals surface area contributed by atoms with Crippen LogP contribution < -0.4 is 5.73 Å². The summed E-state index contributed by atoms with van der Waals surface area (Å²) in [7, 11) is 1.32. The fraction of sp³-hybridized carbons (Fsp3) is 0.467. The van der Waals surface area contributed by atoms with E-state index in [1.54, 1.807) is 0 Å². The van der Waals surface area contributed by atoms with Gasteiger partial charge in [0.15, 0.2) is 0 Å². The number of hydrogen-bond donors (Lipinski definition) is 1. The van der Waals surface area contributed by atoms with Crippen molar-refractivity contribution in [1.29, 1.82) is 0 Å². The molecule has 0 aromatic heterocycles. The molecule has 0 saturated carbocycles. The first kappa shape index (κ1) is 15.3. The molecule has 1 heterocycles. The zero-order chi connectivity index (χ0) is 15.2. The summed E-state index contributed by atoms with van der Waals surface area (Å²) in [6.45, 7) is 0.701. The second-order valence-electron chi connectivity index (χ2n) is 5.03.